The van der Waals surface area contributed by atoms with E-state index in [4.69, 9.17) is 4.74 Å². The second kappa shape index (κ2) is 6.28. The number of amides is 1. The highest BCUT2D eigenvalue weighted by molar-refractivity contribution is 5.76. The fourth-order valence-corrected chi connectivity index (χ4v) is 3.66. The minimum atomic E-state index is -4.64. The van der Waals surface area contributed by atoms with Crippen LogP contribution in [-0.4, -0.2) is 28.7 Å². The number of hydrogen-bond acceptors (Lipinski definition) is 2. The lowest BCUT2D eigenvalue weighted by Gasteiger charge is -2.35. The molecule has 1 saturated heterocycles. The van der Waals surface area contributed by atoms with Crippen LogP contribution in [0.5, 0.6) is 0 Å². The van der Waals surface area contributed by atoms with Crippen molar-refractivity contribution in [1.29, 1.82) is 0 Å². The zero-order valence-corrected chi connectivity index (χ0v) is 14.9. The van der Waals surface area contributed by atoms with Crippen molar-refractivity contribution in [3.8, 4) is 0 Å². The van der Waals surface area contributed by atoms with E-state index in [1.807, 2.05) is 0 Å². The summed E-state index contributed by atoms with van der Waals surface area (Å²) in [6, 6.07) is 2.23. The van der Waals surface area contributed by atoms with Gasteiger partial charge in [-0.1, -0.05) is 12.1 Å². The molecule has 7 heteroatoms. The van der Waals surface area contributed by atoms with Gasteiger partial charge in [0.1, 0.15) is 11.4 Å². The summed E-state index contributed by atoms with van der Waals surface area (Å²) in [4.78, 5) is 14.1. The first kappa shape index (κ1) is 18.7. The van der Waals surface area contributed by atoms with Crippen LogP contribution in [-0.2, 0) is 10.9 Å². The Bertz CT molecular complexity index is 749. The van der Waals surface area contributed by atoms with E-state index < -0.39 is 29.3 Å². The third kappa shape index (κ3) is 3.71. The van der Waals surface area contributed by atoms with Crippen LogP contribution >= 0.6 is 0 Å². The van der Waals surface area contributed by atoms with Crippen LogP contribution in [0.3, 0.4) is 0 Å². The van der Waals surface area contributed by atoms with Crippen molar-refractivity contribution in [3.05, 3.63) is 41.2 Å². The number of carbonyl (C=O) groups excluding carboxylic acids is 1. The summed E-state index contributed by atoms with van der Waals surface area (Å²) in [5, 5.41) is 0. The molecule has 3 rings (SSSR count). The summed E-state index contributed by atoms with van der Waals surface area (Å²) < 4.78 is 58.7. The topological polar surface area (TPSA) is 29.5 Å². The van der Waals surface area contributed by atoms with Gasteiger partial charge in [0.25, 0.3) is 0 Å². The van der Waals surface area contributed by atoms with Crippen molar-refractivity contribution in [2.45, 2.75) is 63.9 Å². The molecule has 2 heterocycles. The van der Waals surface area contributed by atoms with Crippen molar-refractivity contribution in [1.82, 2.24) is 4.90 Å². The Morgan fingerprint density at radius 1 is 1.19 bits per heavy atom. The molecule has 0 aliphatic carbocycles. The molecule has 142 valence electrons. The summed E-state index contributed by atoms with van der Waals surface area (Å²) >= 11 is 0. The van der Waals surface area contributed by atoms with Crippen molar-refractivity contribution in [2.75, 3.05) is 0 Å². The molecular formula is C19H21F4NO2. The number of hydrogen-bond donors (Lipinski definition) is 0. The van der Waals surface area contributed by atoms with Gasteiger partial charge >= 0.3 is 12.3 Å². The summed E-state index contributed by atoms with van der Waals surface area (Å²) in [6.07, 6.45) is -1.72. The van der Waals surface area contributed by atoms with Gasteiger partial charge in [0, 0.05) is 6.04 Å². The fourth-order valence-electron chi connectivity index (χ4n) is 3.66. The Morgan fingerprint density at radius 3 is 2.46 bits per heavy atom. The van der Waals surface area contributed by atoms with Gasteiger partial charge in [0.2, 0.25) is 0 Å². The number of carbonyl (C=O) groups is 1. The number of nitrogens with zero attached hydrogens (tertiary/aromatic N) is 1. The zero-order valence-electron chi connectivity index (χ0n) is 14.9. The van der Waals surface area contributed by atoms with E-state index in [-0.39, 0.29) is 17.6 Å². The number of ether oxygens (including phenoxy) is 1. The minimum absolute atomic E-state index is 0.0142. The predicted molar refractivity (Wildman–Crippen MR) is 88.9 cm³/mol. The van der Waals surface area contributed by atoms with Crippen molar-refractivity contribution >= 4 is 11.7 Å². The molecule has 0 N–H and O–H groups in total. The molecule has 2 bridgehead atoms. The molecule has 0 spiro atoms. The van der Waals surface area contributed by atoms with E-state index >= 15 is 0 Å². The number of rotatable bonds is 1. The SMILES string of the molecule is CC(C)(C)OC(=O)N1C2C=C(c3ccc(F)cc3C(F)(F)F)CC1CC2. The highest BCUT2D eigenvalue weighted by Crippen LogP contribution is 2.43. The largest absolute Gasteiger partial charge is 0.444 e. The third-order valence-corrected chi connectivity index (χ3v) is 4.63. The van der Waals surface area contributed by atoms with Gasteiger partial charge < -0.3 is 4.74 Å². The molecule has 0 aromatic heterocycles. The van der Waals surface area contributed by atoms with Crippen molar-refractivity contribution < 1.29 is 27.1 Å². The van der Waals surface area contributed by atoms with Gasteiger partial charge in [0.05, 0.1) is 11.6 Å². The average molecular weight is 371 g/mol. The summed E-state index contributed by atoms with van der Waals surface area (Å²) in [5.41, 5.74) is -1.13. The molecule has 26 heavy (non-hydrogen) atoms. The molecule has 3 nitrogen and oxygen atoms in total. The number of fused-ring (bicyclic) bond motifs is 2. The lowest BCUT2D eigenvalue weighted by atomic mass is 9.91. The highest BCUT2D eigenvalue weighted by Gasteiger charge is 2.43. The molecular weight excluding hydrogens is 350 g/mol. The molecule has 0 saturated carbocycles. The Hall–Kier alpha value is -2.05. The summed E-state index contributed by atoms with van der Waals surface area (Å²) in [5.74, 6) is -0.921. The molecule has 0 radical (unpaired) electrons. The Balaban J connectivity index is 1.92. The fraction of sp³-hybridized carbons (Fsp3) is 0.526. The van der Waals surface area contributed by atoms with Gasteiger partial charge in [-0.15, -0.1) is 0 Å². The van der Waals surface area contributed by atoms with Crippen LogP contribution < -0.4 is 0 Å². The van der Waals surface area contributed by atoms with E-state index in [0.29, 0.717) is 30.9 Å². The van der Waals surface area contributed by atoms with E-state index in [1.165, 1.54) is 6.07 Å². The van der Waals surface area contributed by atoms with Crippen LogP contribution in [0.25, 0.3) is 5.57 Å². The van der Waals surface area contributed by atoms with Crippen LogP contribution in [0.1, 0.15) is 51.2 Å². The van der Waals surface area contributed by atoms with Gasteiger partial charge in [-0.3, -0.25) is 4.90 Å². The lowest BCUT2D eigenvalue weighted by molar-refractivity contribution is -0.138. The van der Waals surface area contributed by atoms with Gasteiger partial charge in [0.15, 0.2) is 0 Å². The van der Waals surface area contributed by atoms with E-state index in [1.54, 1.807) is 31.7 Å². The normalized spacial score (nSPS) is 23.0. The molecule has 2 atom stereocenters. The molecule has 2 aliphatic rings. The summed E-state index contributed by atoms with van der Waals surface area (Å²) in [6.45, 7) is 5.31. The monoisotopic (exact) mass is 371 g/mol. The highest BCUT2D eigenvalue weighted by atomic mass is 19.4. The average Bonchev–Trinajstić information content (AvgIpc) is 2.75. The van der Waals surface area contributed by atoms with Gasteiger partial charge in [-0.05, 0) is 63.3 Å². The predicted octanol–water partition coefficient (Wildman–Crippen LogP) is 5.40. The first-order valence-electron chi connectivity index (χ1n) is 8.55. The van der Waals surface area contributed by atoms with Crippen LogP contribution in [0.2, 0.25) is 0 Å². The van der Waals surface area contributed by atoms with Crippen molar-refractivity contribution in [3.63, 3.8) is 0 Å². The minimum Gasteiger partial charge on any atom is -0.444 e. The maximum atomic E-state index is 13.3. The number of benzene rings is 1. The van der Waals surface area contributed by atoms with Gasteiger partial charge in [-0.2, -0.15) is 13.2 Å². The maximum absolute atomic E-state index is 13.3. The second-order valence-electron chi connectivity index (χ2n) is 7.77. The smallest absolute Gasteiger partial charge is 0.417 e. The van der Waals surface area contributed by atoms with E-state index in [2.05, 4.69) is 0 Å². The van der Waals surface area contributed by atoms with E-state index in [0.717, 1.165) is 6.07 Å². The Labute approximate surface area is 149 Å². The summed E-state index contributed by atoms with van der Waals surface area (Å²) in [7, 11) is 0. The third-order valence-electron chi connectivity index (χ3n) is 4.63. The quantitative estimate of drug-likeness (QED) is 0.619. The second-order valence-corrected chi connectivity index (χ2v) is 7.77. The van der Waals surface area contributed by atoms with Crippen LogP contribution in [0, 0.1) is 5.82 Å². The first-order chi connectivity index (χ1) is 12.0. The molecule has 2 aliphatic heterocycles. The molecule has 2 unspecified atom stereocenters. The van der Waals surface area contributed by atoms with Crippen LogP contribution in [0.15, 0.2) is 24.3 Å². The molecule has 1 amide bonds. The van der Waals surface area contributed by atoms with Crippen molar-refractivity contribution in [2.24, 2.45) is 0 Å². The Kier molecular flexibility index (Phi) is 4.53. The first-order valence-corrected chi connectivity index (χ1v) is 8.55. The molecule has 1 aromatic rings. The number of alkyl halides is 3. The standard InChI is InChI=1S/C19H21F4NO2/c1-18(2,3)26-17(25)24-13-5-6-14(24)9-11(8-13)15-7-4-12(20)10-16(15)19(21,22)23/h4,7-8,10,13-14H,5-6,9H2,1-3H3. The number of halogens is 4. The maximum Gasteiger partial charge on any atom is 0.417 e. The Morgan fingerprint density at radius 2 is 1.88 bits per heavy atom. The molecule has 1 fully saturated rings. The van der Waals surface area contributed by atoms with E-state index in [9.17, 15) is 22.4 Å². The zero-order chi connectivity index (χ0) is 19.3. The lowest BCUT2D eigenvalue weighted by Crippen LogP contribution is -2.45. The van der Waals surface area contributed by atoms with Gasteiger partial charge in [-0.25, -0.2) is 9.18 Å². The molecule has 1 aromatic carbocycles. The van der Waals surface area contributed by atoms with Crippen LogP contribution in [0.4, 0.5) is 22.4 Å².